The molecule has 3 N–H and O–H groups in total. The largest absolute Gasteiger partial charge is 0.480 e. The smallest absolute Gasteiger partial charge is 0.326 e. The Morgan fingerprint density at radius 3 is 2.37 bits per heavy atom. The number of hydrogen-bond acceptors (Lipinski definition) is 3. The van der Waals surface area contributed by atoms with E-state index in [9.17, 15) is 9.59 Å². The molecule has 1 aliphatic heterocycles. The van der Waals surface area contributed by atoms with Gasteiger partial charge in [0.05, 0.1) is 12.1 Å². The number of carboxylic acids is 1. The molecular formula is C13H24N2O4. The monoisotopic (exact) mass is 272 g/mol. The predicted molar refractivity (Wildman–Crippen MR) is 71.0 cm³/mol. The summed E-state index contributed by atoms with van der Waals surface area (Å²) in [4.78, 5) is 23.0. The second-order valence-electron chi connectivity index (χ2n) is 6.10. The molecule has 6 heteroatoms. The lowest BCUT2D eigenvalue weighted by Gasteiger charge is -2.29. The molecule has 6 nitrogen and oxygen atoms in total. The summed E-state index contributed by atoms with van der Waals surface area (Å²) < 4.78 is 5.48. The first-order valence-electron chi connectivity index (χ1n) is 6.63. The van der Waals surface area contributed by atoms with Gasteiger partial charge >= 0.3 is 12.0 Å². The fourth-order valence-corrected chi connectivity index (χ4v) is 2.12. The molecule has 1 saturated heterocycles. The minimum Gasteiger partial charge on any atom is -0.480 e. The van der Waals surface area contributed by atoms with Gasteiger partial charge in [-0.2, -0.15) is 0 Å². The van der Waals surface area contributed by atoms with Crippen molar-refractivity contribution >= 4 is 12.0 Å². The molecule has 110 valence electrons. The second kappa shape index (κ2) is 6.23. The van der Waals surface area contributed by atoms with Crippen LogP contribution in [0.1, 0.15) is 40.5 Å². The van der Waals surface area contributed by atoms with Crippen molar-refractivity contribution in [1.29, 1.82) is 0 Å². The van der Waals surface area contributed by atoms with Crippen molar-refractivity contribution in [2.45, 2.75) is 58.7 Å². The van der Waals surface area contributed by atoms with Crippen molar-refractivity contribution in [3.05, 3.63) is 0 Å². The van der Waals surface area contributed by atoms with E-state index in [4.69, 9.17) is 9.84 Å². The maximum atomic E-state index is 11.8. The lowest BCUT2D eigenvalue weighted by Crippen LogP contribution is -2.55. The summed E-state index contributed by atoms with van der Waals surface area (Å²) in [6.07, 6.45) is 1.94. The lowest BCUT2D eigenvalue weighted by molar-refractivity contribution is -0.141. The van der Waals surface area contributed by atoms with Crippen LogP contribution in [0.25, 0.3) is 0 Å². The molecule has 0 aliphatic carbocycles. The number of hydrogen-bond donors (Lipinski definition) is 3. The van der Waals surface area contributed by atoms with Gasteiger partial charge in [-0.25, -0.2) is 9.59 Å². The third kappa shape index (κ3) is 4.70. The summed E-state index contributed by atoms with van der Waals surface area (Å²) in [5.41, 5.74) is -0.545. The summed E-state index contributed by atoms with van der Waals surface area (Å²) in [6.45, 7) is 7.90. The van der Waals surface area contributed by atoms with E-state index < -0.39 is 23.5 Å². The number of aliphatic carboxylic acids is 1. The summed E-state index contributed by atoms with van der Waals surface area (Å²) in [5.74, 6) is -1.03. The van der Waals surface area contributed by atoms with Gasteiger partial charge in [-0.3, -0.25) is 0 Å². The molecule has 0 aromatic carbocycles. The average Bonchev–Trinajstić information content (AvgIpc) is 2.77. The highest BCUT2D eigenvalue weighted by Gasteiger charge is 2.33. The molecule has 2 unspecified atom stereocenters. The van der Waals surface area contributed by atoms with E-state index in [1.807, 2.05) is 6.92 Å². The van der Waals surface area contributed by atoms with Crippen LogP contribution in [0.15, 0.2) is 0 Å². The molecule has 0 bridgehead atoms. The number of ether oxygens (including phenoxy) is 1. The van der Waals surface area contributed by atoms with Crippen LogP contribution in [0.2, 0.25) is 0 Å². The molecule has 0 spiro atoms. The number of amides is 2. The molecule has 19 heavy (non-hydrogen) atoms. The van der Waals surface area contributed by atoms with Gasteiger partial charge in [-0.1, -0.05) is 20.8 Å². The minimum atomic E-state index is -1.03. The maximum absolute atomic E-state index is 11.8. The molecule has 3 atom stereocenters. The fourth-order valence-electron chi connectivity index (χ4n) is 2.12. The Kier molecular flexibility index (Phi) is 5.17. The van der Waals surface area contributed by atoms with Gasteiger partial charge < -0.3 is 20.5 Å². The van der Waals surface area contributed by atoms with E-state index in [1.165, 1.54) is 0 Å². The molecule has 1 fully saturated rings. The number of rotatable bonds is 4. The van der Waals surface area contributed by atoms with Gasteiger partial charge in [0.15, 0.2) is 0 Å². The maximum Gasteiger partial charge on any atom is 0.326 e. The summed E-state index contributed by atoms with van der Waals surface area (Å²) >= 11 is 0. The fraction of sp³-hybridized carbons (Fsp3) is 0.846. The Hall–Kier alpha value is -1.30. The van der Waals surface area contributed by atoms with Crippen molar-refractivity contribution in [2.24, 2.45) is 5.41 Å². The van der Waals surface area contributed by atoms with Gasteiger partial charge in [0.2, 0.25) is 0 Å². The Bertz CT molecular complexity index is 332. The SMILES string of the molecule is CC(NC(=O)N[C@H](C(=O)O)C(C)(C)C)C1CCCO1. The molecule has 0 saturated carbocycles. The lowest BCUT2D eigenvalue weighted by atomic mass is 9.87. The Labute approximate surface area is 113 Å². The molecule has 1 rings (SSSR count). The third-order valence-electron chi connectivity index (χ3n) is 3.27. The number of nitrogens with one attached hydrogen (secondary N) is 2. The zero-order valence-electron chi connectivity index (χ0n) is 12.0. The van der Waals surface area contributed by atoms with E-state index in [-0.39, 0.29) is 12.1 Å². The number of carboxylic acid groups (broad SMARTS) is 1. The van der Waals surface area contributed by atoms with Gasteiger partial charge in [0.25, 0.3) is 0 Å². The van der Waals surface area contributed by atoms with Crippen molar-refractivity contribution in [2.75, 3.05) is 6.61 Å². The summed E-state index contributed by atoms with van der Waals surface area (Å²) in [6, 6.07) is -1.52. The first-order chi connectivity index (χ1) is 8.71. The van der Waals surface area contributed by atoms with Crippen molar-refractivity contribution in [3.8, 4) is 0 Å². The highest BCUT2D eigenvalue weighted by Crippen LogP contribution is 2.19. The number of carbonyl (C=O) groups is 2. The molecule has 0 aromatic rings. The van der Waals surface area contributed by atoms with Crippen LogP contribution in [0.3, 0.4) is 0 Å². The van der Waals surface area contributed by atoms with E-state index >= 15 is 0 Å². The third-order valence-corrected chi connectivity index (χ3v) is 3.27. The molecule has 2 amide bonds. The highest BCUT2D eigenvalue weighted by molar-refractivity contribution is 5.83. The quantitative estimate of drug-likeness (QED) is 0.721. The standard InChI is InChI=1S/C13H24N2O4/c1-8(9-6-5-7-19-9)14-12(18)15-10(11(16)17)13(2,3)4/h8-10H,5-7H2,1-4H3,(H,16,17)(H2,14,15,18)/t8?,9?,10-/m1/s1. The average molecular weight is 272 g/mol. The molecule has 1 heterocycles. The van der Waals surface area contributed by atoms with Gasteiger partial charge in [-0.05, 0) is 25.2 Å². The van der Waals surface area contributed by atoms with Crippen LogP contribution in [-0.2, 0) is 9.53 Å². The van der Waals surface area contributed by atoms with Crippen LogP contribution < -0.4 is 10.6 Å². The first kappa shape index (κ1) is 15.8. The normalized spacial score (nSPS) is 22.6. The topological polar surface area (TPSA) is 87.7 Å². The van der Waals surface area contributed by atoms with Gasteiger partial charge in [-0.15, -0.1) is 0 Å². The zero-order chi connectivity index (χ0) is 14.6. The number of carbonyl (C=O) groups excluding carboxylic acids is 1. The molecule has 0 radical (unpaired) electrons. The number of urea groups is 1. The first-order valence-corrected chi connectivity index (χ1v) is 6.63. The van der Waals surface area contributed by atoms with Gasteiger partial charge in [0, 0.05) is 6.61 Å². The summed E-state index contributed by atoms with van der Waals surface area (Å²) in [7, 11) is 0. The summed E-state index contributed by atoms with van der Waals surface area (Å²) in [5, 5.41) is 14.4. The highest BCUT2D eigenvalue weighted by atomic mass is 16.5. The van der Waals surface area contributed by atoms with E-state index in [0.717, 1.165) is 19.4 Å². The van der Waals surface area contributed by atoms with Crippen LogP contribution in [0, 0.1) is 5.41 Å². The van der Waals surface area contributed by atoms with E-state index in [2.05, 4.69) is 10.6 Å². The van der Waals surface area contributed by atoms with Gasteiger partial charge in [0.1, 0.15) is 6.04 Å². The Morgan fingerprint density at radius 2 is 1.95 bits per heavy atom. The Morgan fingerprint density at radius 1 is 1.32 bits per heavy atom. The predicted octanol–water partition coefficient (Wildman–Crippen LogP) is 1.35. The van der Waals surface area contributed by atoms with E-state index in [0.29, 0.717) is 0 Å². The minimum absolute atomic E-state index is 0.0173. The Balaban J connectivity index is 2.50. The molecule has 0 aromatic heterocycles. The van der Waals surface area contributed by atoms with Crippen LogP contribution in [0.4, 0.5) is 4.79 Å². The van der Waals surface area contributed by atoms with Crippen molar-refractivity contribution < 1.29 is 19.4 Å². The van der Waals surface area contributed by atoms with Crippen molar-refractivity contribution in [1.82, 2.24) is 10.6 Å². The second-order valence-corrected chi connectivity index (χ2v) is 6.10. The zero-order valence-corrected chi connectivity index (χ0v) is 12.0. The van der Waals surface area contributed by atoms with Crippen molar-refractivity contribution in [3.63, 3.8) is 0 Å². The van der Waals surface area contributed by atoms with Crippen LogP contribution in [0.5, 0.6) is 0 Å². The van der Waals surface area contributed by atoms with Crippen LogP contribution in [-0.4, -0.2) is 41.9 Å². The van der Waals surface area contributed by atoms with Crippen LogP contribution >= 0.6 is 0 Å². The molecular weight excluding hydrogens is 248 g/mol. The molecule has 1 aliphatic rings. The van der Waals surface area contributed by atoms with E-state index in [1.54, 1.807) is 20.8 Å².